The van der Waals surface area contributed by atoms with Gasteiger partial charge in [-0.3, -0.25) is 4.79 Å². The number of carbonyl (C=O) groups is 1. The molecule has 16 heavy (non-hydrogen) atoms. The second kappa shape index (κ2) is 3.47. The van der Waals surface area contributed by atoms with E-state index >= 15 is 0 Å². The summed E-state index contributed by atoms with van der Waals surface area (Å²) in [4.78, 5) is 12.0. The largest absolute Gasteiger partial charge is 0.290 e. The minimum Gasteiger partial charge on any atom is -0.290 e. The molecule has 4 heteroatoms. The summed E-state index contributed by atoms with van der Waals surface area (Å²) >= 11 is 0. The number of nitriles is 3. The Morgan fingerprint density at radius 2 is 1.69 bits per heavy atom. The quantitative estimate of drug-likeness (QED) is 0.614. The lowest BCUT2D eigenvalue weighted by Crippen LogP contribution is -2.46. The van der Waals surface area contributed by atoms with Gasteiger partial charge in [-0.25, -0.2) is 0 Å². The van der Waals surface area contributed by atoms with E-state index in [1.165, 1.54) is 0 Å². The number of Topliss-reactive ketones (excluding diaryl/α,β-unsaturated/α-hetero) is 1. The van der Waals surface area contributed by atoms with Crippen molar-refractivity contribution in [2.75, 3.05) is 0 Å². The SMILES string of the molecule is CC1=C(C#N)C(=O)C(C#N)(C#N)C(C)(C)C1. The van der Waals surface area contributed by atoms with E-state index in [4.69, 9.17) is 15.8 Å². The van der Waals surface area contributed by atoms with Gasteiger partial charge in [0.15, 0.2) is 0 Å². The highest BCUT2D eigenvalue weighted by Gasteiger charge is 2.56. The average molecular weight is 213 g/mol. The zero-order valence-electron chi connectivity index (χ0n) is 9.46. The predicted octanol–water partition coefficient (Wildman–Crippen LogP) is 1.86. The van der Waals surface area contributed by atoms with Gasteiger partial charge in [0.05, 0.1) is 17.7 Å². The number of ketones is 1. The molecule has 0 atom stereocenters. The molecule has 0 saturated carbocycles. The smallest absolute Gasteiger partial charge is 0.211 e. The zero-order valence-corrected chi connectivity index (χ0v) is 9.46. The first-order chi connectivity index (χ1) is 7.36. The van der Waals surface area contributed by atoms with Crippen LogP contribution in [0.3, 0.4) is 0 Å². The van der Waals surface area contributed by atoms with Crippen LogP contribution in [-0.2, 0) is 4.79 Å². The summed E-state index contributed by atoms with van der Waals surface area (Å²) in [5, 5.41) is 27.1. The lowest BCUT2D eigenvalue weighted by Gasteiger charge is -2.39. The van der Waals surface area contributed by atoms with E-state index in [0.29, 0.717) is 12.0 Å². The molecule has 80 valence electrons. The first-order valence-electron chi connectivity index (χ1n) is 4.83. The molecular weight excluding hydrogens is 202 g/mol. The summed E-state index contributed by atoms with van der Waals surface area (Å²) < 4.78 is 0. The molecule has 0 unspecified atom stereocenters. The maximum atomic E-state index is 12.0. The molecule has 1 aliphatic carbocycles. The van der Waals surface area contributed by atoms with Crippen molar-refractivity contribution >= 4 is 5.78 Å². The van der Waals surface area contributed by atoms with Gasteiger partial charge in [-0.05, 0) is 13.3 Å². The Bertz CT molecular complexity index is 492. The van der Waals surface area contributed by atoms with Gasteiger partial charge in [-0.15, -0.1) is 0 Å². The fourth-order valence-electron chi connectivity index (χ4n) is 2.15. The van der Waals surface area contributed by atoms with Gasteiger partial charge in [-0.1, -0.05) is 19.4 Å². The van der Waals surface area contributed by atoms with Crippen molar-refractivity contribution in [1.82, 2.24) is 0 Å². The van der Waals surface area contributed by atoms with Crippen molar-refractivity contribution in [3.63, 3.8) is 0 Å². The third-order valence-corrected chi connectivity index (χ3v) is 3.16. The second-order valence-corrected chi connectivity index (χ2v) is 4.63. The van der Waals surface area contributed by atoms with Crippen molar-refractivity contribution in [3.8, 4) is 18.2 Å². The van der Waals surface area contributed by atoms with E-state index in [-0.39, 0.29) is 5.57 Å². The lowest BCUT2D eigenvalue weighted by atomic mass is 9.57. The third-order valence-electron chi connectivity index (χ3n) is 3.16. The summed E-state index contributed by atoms with van der Waals surface area (Å²) in [6.07, 6.45) is 0.406. The Balaban J connectivity index is 3.58. The summed E-state index contributed by atoms with van der Waals surface area (Å²) in [7, 11) is 0. The van der Waals surface area contributed by atoms with Crippen LogP contribution in [0.4, 0.5) is 0 Å². The van der Waals surface area contributed by atoms with E-state index in [9.17, 15) is 4.79 Å². The van der Waals surface area contributed by atoms with Crippen molar-refractivity contribution in [1.29, 1.82) is 15.8 Å². The number of nitrogens with zero attached hydrogens (tertiary/aromatic N) is 3. The Morgan fingerprint density at radius 1 is 1.19 bits per heavy atom. The van der Waals surface area contributed by atoms with E-state index in [1.807, 2.05) is 0 Å². The average Bonchev–Trinajstić information content (AvgIpc) is 2.18. The highest BCUT2D eigenvalue weighted by molar-refractivity contribution is 6.08. The van der Waals surface area contributed by atoms with E-state index in [2.05, 4.69) is 0 Å². The van der Waals surface area contributed by atoms with Crippen molar-refractivity contribution in [2.45, 2.75) is 27.2 Å². The zero-order chi connectivity index (χ0) is 12.6. The molecule has 0 aromatic rings. The molecule has 0 heterocycles. The van der Waals surface area contributed by atoms with E-state index < -0.39 is 16.6 Å². The van der Waals surface area contributed by atoms with Gasteiger partial charge < -0.3 is 0 Å². The summed E-state index contributed by atoms with van der Waals surface area (Å²) in [5.74, 6) is -0.659. The molecule has 4 nitrogen and oxygen atoms in total. The summed E-state index contributed by atoms with van der Waals surface area (Å²) in [5.41, 5.74) is -1.89. The van der Waals surface area contributed by atoms with Gasteiger partial charge in [0, 0.05) is 5.41 Å². The lowest BCUT2D eigenvalue weighted by molar-refractivity contribution is -0.124. The van der Waals surface area contributed by atoms with E-state index in [0.717, 1.165) is 0 Å². The highest BCUT2D eigenvalue weighted by atomic mass is 16.1. The number of rotatable bonds is 0. The monoisotopic (exact) mass is 213 g/mol. The molecule has 0 fully saturated rings. The Kier molecular flexibility index (Phi) is 2.59. The Morgan fingerprint density at radius 3 is 2.06 bits per heavy atom. The number of allylic oxidation sites excluding steroid dienone is 2. The third kappa shape index (κ3) is 1.23. The fraction of sp³-hybridized carbons (Fsp3) is 0.500. The molecule has 0 amide bonds. The predicted molar refractivity (Wildman–Crippen MR) is 55.4 cm³/mol. The van der Waals surface area contributed by atoms with Crippen molar-refractivity contribution in [2.24, 2.45) is 10.8 Å². The molecule has 0 aliphatic heterocycles. The fourth-order valence-corrected chi connectivity index (χ4v) is 2.15. The van der Waals surface area contributed by atoms with Gasteiger partial charge in [0.1, 0.15) is 6.07 Å². The van der Waals surface area contributed by atoms with Crippen LogP contribution in [0.15, 0.2) is 11.1 Å². The maximum absolute atomic E-state index is 12.0. The van der Waals surface area contributed by atoms with Gasteiger partial charge in [0.25, 0.3) is 0 Å². The van der Waals surface area contributed by atoms with Gasteiger partial charge in [-0.2, -0.15) is 15.8 Å². The minimum absolute atomic E-state index is 0.0394. The van der Waals surface area contributed by atoms with E-state index in [1.54, 1.807) is 39.0 Å². The van der Waals surface area contributed by atoms with Gasteiger partial charge >= 0.3 is 0 Å². The maximum Gasteiger partial charge on any atom is 0.211 e. The summed E-state index contributed by atoms with van der Waals surface area (Å²) in [6, 6.07) is 5.38. The number of hydrogen-bond donors (Lipinski definition) is 0. The molecule has 0 N–H and O–H groups in total. The van der Waals surface area contributed by atoms with Crippen LogP contribution in [0.5, 0.6) is 0 Å². The molecular formula is C12H11N3O. The highest BCUT2D eigenvalue weighted by Crippen LogP contribution is 2.49. The Labute approximate surface area is 94.4 Å². The summed E-state index contributed by atoms with van der Waals surface area (Å²) in [6.45, 7) is 5.10. The molecule has 0 radical (unpaired) electrons. The standard InChI is InChI=1S/C12H11N3O/c1-8-4-11(2,3)12(6-14,7-15)10(16)9(8)5-13/h4H2,1-3H3. The molecule has 1 rings (SSSR count). The van der Waals surface area contributed by atoms with Crippen molar-refractivity contribution < 1.29 is 4.79 Å². The second-order valence-electron chi connectivity index (χ2n) is 4.63. The number of carbonyl (C=O) groups excluding carboxylic acids is 1. The molecule has 0 bridgehead atoms. The van der Waals surface area contributed by atoms with Crippen LogP contribution in [-0.4, -0.2) is 5.78 Å². The van der Waals surface area contributed by atoms with Gasteiger partial charge in [0.2, 0.25) is 11.2 Å². The molecule has 0 aromatic carbocycles. The van der Waals surface area contributed by atoms with Crippen LogP contribution in [0.25, 0.3) is 0 Å². The molecule has 0 saturated heterocycles. The Hall–Kier alpha value is -2.12. The molecule has 0 aromatic heterocycles. The van der Waals surface area contributed by atoms with Crippen LogP contribution >= 0.6 is 0 Å². The van der Waals surface area contributed by atoms with Crippen LogP contribution in [0.2, 0.25) is 0 Å². The first kappa shape index (κ1) is 12.0. The normalized spacial score (nSPS) is 21.9. The van der Waals surface area contributed by atoms with Crippen molar-refractivity contribution in [3.05, 3.63) is 11.1 Å². The van der Waals surface area contributed by atoms with Crippen LogP contribution < -0.4 is 0 Å². The van der Waals surface area contributed by atoms with Crippen LogP contribution in [0.1, 0.15) is 27.2 Å². The van der Waals surface area contributed by atoms with Crippen LogP contribution in [0, 0.1) is 44.8 Å². The molecule has 1 aliphatic rings. The first-order valence-corrected chi connectivity index (χ1v) is 4.83. The topological polar surface area (TPSA) is 88.4 Å². The number of hydrogen-bond acceptors (Lipinski definition) is 4. The molecule has 0 spiro atoms. The minimum atomic E-state index is -1.74.